The van der Waals surface area contributed by atoms with Crippen molar-refractivity contribution in [2.45, 2.75) is 46.1 Å². The zero-order valence-corrected chi connectivity index (χ0v) is 27.3. The molecule has 0 aliphatic carbocycles. The second kappa shape index (κ2) is 18.4. The van der Waals surface area contributed by atoms with Crippen molar-refractivity contribution in [1.29, 1.82) is 5.41 Å². The van der Waals surface area contributed by atoms with E-state index in [1.807, 2.05) is 70.4 Å². The lowest BCUT2D eigenvalue weighted by atomic mass is 9.90. The molecule has 0 fully saturated rings. The molecular weight excluding hydrogens is 608 g/mol. The second-order valence-corrected chi connectivity index (χ2v) is 10.5. The van der Waals surface area contributed by atoms with Gasteiger partial charge in [-0.3, -0.25) is 20.0 Å². The van der Waals surface area contributed by atoms with Crippen molar-refractivity contribution in [3.63, 3.8) is 0 Å². The SMILES string of the molecule is CC(=O)O.CC(=O)O.CCOc1cc(C(Cc2ccc(C(=N)N)cc2)c2nn(-c3ncccn3)c(=O)[nH]2)ccc1OC(C)CN(C)C. The van der Waals surface area contributed by atoms with E-state index in [1.54, 1.807) is 18.5 Å². The minimum atomic E-state index is -0.833. The van der Waals surface area contributed by atoms with Gasteiger partial charge in [0.25, 0.3) is 17.9 Å². The maximum absolute atomic E-state index is 12.9. The van der Waals surface area contributed by atoms with Crippen LogP contribution in [0.4, 0.5) is 0 Å². The first-order valence-corrected chi connectivity index (χ1v) is 14.6. The lowest BCUT2D eigenvalue weighted by Crippen LogP contribution is -2.28. The van der Waals surface area contributed by atoms with Crippen molar-refractivity contribution < 1.29 is 29.3 Å². The van der Waals surface area contributed by atoms with Gasteiger partial charge >= 0.3 is 5.69 Å². The van der Waals surface area contributed by atoms with E-state index >= 15 is 0 Å². The van der Waals surface area contributed by atoms with Crippen LogP contribution >= 0.6 is 0 Å². The standard InChI is InChI=1S/C28H34N8O3.2C2H4O2/c1-5-38-24-16-21(11-12-23(24)39-18(2)17-35(3)4)22(15-19-7-9-20(10-8-19)25(29)30)26-33-28(37)36(34-26)27-31-13-6-14-32-27;2*1-2(3)4/h6-14,16,18,22H,5,15,17H2,1-4H3,(H3,29,30)(H,33,34,37);2*1H3,(H,3,4). The van der Waals surface area contributed by atoms with Crippen LogP contribution in [0.3, 0.4) is 0 Å². The Labute approximate surface area is 272 Å². The molecule has 2 unspecified atom stereocenters. The number of hydrogen-bond acceptors (Lipinski definition) is 10. The fourth-order valence-corrected chi connectivity index (χ4v) is 4.34. The zero-order chi connectivity index (χ0) is 35.1. The molecule has 47 heavy (non-hydrogen) atoms. The van der Waals surface area contributed by atoms with Gasteiger partial charge in [-0.05, 0) is 63.7 Å². The fourth-order valence-electron chi connectivity index (χ4n) is 4.34. The van der Waals surface area contributed by atoms with Crippen LogP contribution in [0.1, 0.15) is 56.1 Å². The molecule has 0 aliphatic heterocycles. The predicted octanol–water partition coefficient (Wildman–Crippen LogP) is 2.92. The van der Waals surface area contributed by atoms with Crippen LogP contribution in [0.15, 0.2) is 65.7 Å². The average Bonchev–Trinajstić information content (AvgIpc) is 3.37. The highest BCUT2D eigenvalue weighted by atomic mass is 16.5. The van der Waals surface area contributed by atoms with E-state index in [1.165, 1.54) is 0 Å². The van der Waals surface area contributed by atoms with E-state index in [0.717, 1.165) is 36.2 Å². The van der Waals surface area contributed by atoms with Gasteiger partial charge in [0.2, 0.25) is 0 Å². The van der Waals surface area contributed by atoms with Gasteiger partial charge in [0.05, 0.1) is 6.61 Å². The number of nitrogens with two attached hydrogens (primary N) is 1. The highest BCUT2D eigenvalue weighted by molar-refractivity contribution is 5.94. The third kappa shape index (κ3) is 12.8. The number of nitrogen functional groups attached to an aromatic ring is 1. The molecule has 0 radical (unpaired) electrons. The number of ether oxygens (including phenoxy) is 2. The third-order valence-electron chi connectivity index (χ3n) is 6.03. The van der Waals surface area contributed by atoms with Crippen LogP contribution < -0.4 is 20.9 Å². The Kier molecular flexibility index (Phi) is 14.7. The number of amidine groups is 1. The number of hydrogen-bond donors (Lipinski definition) is 5. The molecular formula is C32H42N8O7. The molecule has 0 bridgehead atoms. The van der Waals surface area contributed by atoms with E-state index < -0.39 is 17.6 Å². The van der Waals surface area contributed by atoms with Gasteiger partial charge in [0, 0.05) is 44.3 Å². The van der Waals surface area contributed by atoms with Crippen LogP contribution in [-0.4, -0.2) is 91.0 Å². The maximum atomic E-state index is 12.9. The number of aromatic amines is 1. The number of aromatic nitrogens is 5. The normalized spacial score (nSPS) is 11.6. The molecule has 6 N–H and O–H groups in total. The molecule has 15 nitrogen and oxygen atoms in total. The Morgan fingerprint density at radius 1 is 1.04 bits per heavy atom. The first-order chi connectivity index (χ1) is 22.2. The number of aliphatic carboxylic acids is 2. The summed E-state index contributed by atoms with van der Waals surface area (Å²) >= 11 is 0. The summed E-state index contributed by atoms with van der Waals surface area (Å²) in [4.78, 5) is 44.1. The minimum absolute atomic E-state index is 0.00414. The van der Waals surface area contributed by atoms with E-state index in [0.29, 0.717) is 35.9 Å². The minimum Gasteiger partial charge on any atom is -0.490 e. The van der Waals surface area contributed by atoms with Crippen LogP contribution in [0.2, 0.25) is 0 Å². The molecule has 252 valence electrons. The molecule has 2 atom stereocenters. The second-order valence-electron chi connectivity index (χ2n) is 10.5. The van der Waals surface area contributed by atoms with Crippen LogP contribution in [0.25, 0.3) is 5.95 Å². The maximum Gasteiger partial charge on any atom is 0.350 e. The number of benzene rings is 2. The van der Waals surface area contributed by atoms with Crippen molar-refractivity contribution in [2.24, 2.45) is 5.73 Å². The van der Waals surface area contributed by atoms with Crippen molar-refractivity contribution in [1.82, 2.24) is 29.6 Å². The topological polar surface area (TPSA) is 223 Å². The summed E-state index contributed by atoms with van der Waals surface area (Å²) in [6, 6.07) is 14.9. The highest BCUT2D eigenvalue weighted by Gasteiger charge is 2.23. The summed E-state index contributed by atoms with van der Waals surface area (Å²) < 4.78 is 13.3. The van der Waals surface area contributed by atoms with Gasteiger partial charge in [-0.1, -0.05) is 30.3 Å². The van der Waals surface area contributed by atoms with E-state index in [4.69, 9.17) is 40.4 Å². The lowest BCUT2D eigenvalue weighted by Gasteiger charge is -2.22. The van der Waals surface area contributed by atoms with Crippen molar-refractivity contribution >= 4 is 17.8 Å². The number of nitrogens with zero attached hydrogens (tertiary/aromatic N) is 5. The average molecular weight is 651 g/mol. The summed E-state index contributed by atoms with van der Waals surface area (Å²) in [5.74, 6) is -0.0897. The molecule has 0 spiro atoms. The number of carboxylic acid groups (broad SMARTS) is 2. The van der Waals surface area contributed by atoms with Crippen molar-refractivity contribution in [3.8, 4) is 17.4 Å². The molecule has 0 saturated carbocycles. The van der Waals surface area contributed by atoms with Gasteiger partial charge in [-0.25, -0.2) is 14.8 Å². The summed E-state index contributed by atoms with van der Waals surface area (Å²) in [6.45, 7) is 7.33. The molecule has 2 aromatic heterocycles. The summed E-state index contributed by atoms with van der Waals surface area (Å²) in [6.07, 6.45) is 3.59. The first-order valence-electron chi connectivity index (χ1n) is 14.6. The number of likely N-dealkylation sites (N-methyl/N-ethyl adjacent to an activating group) is 1. The Balaban J connectivity index is 0.000000862. The zero-order valence-electron chi connectivity index (χ0n) is 27.3. The van der Waals surface area contributed by atoms with Crippen molar-refractivity contribution in [2.75, 3.05) is 27.2 Å². The highest BCUT2D eigenvalue weighted by Crippen LogP contribution is 2.35. The van der Waals surface area contributed by atoms with Gasteiger partial charge in [-0.15, -0.1) is 9.78 Å². The van der Waals surface area contributed by atoms with Gasteiger partial charge in [-0.2, -0.15) is 0 Å². The molecule has 0 amide bonds. The lowest BCUT2D eigenvalue weighted by molar-refractivity contribution is -0.135. The largest absolute Gasteiger partial charge is 0.490 e. The molecule has 2 heterocycles. The summed E-state index contributed by atoms with van der Waals surface area (Å²) in [7, 11) is 4.00. The molecule has 0 saturated heterocycles. The Bertz CT molecular complexity index is 1630. The number of nitrogens with one attached hydrogen (secondary N) is 2. The Morgan fingerprint density at radius 2 is 1.64 bits per heavy atom. The van der Waals surface area contributed by atoms with Crippen LogP contribution in [0.5, 0.6) is 11.5 Å². The van der Waals surface area contributed by atoms with E-state index in [2.05, 4.69) is 25.0 Å². The third-order valence-corrected chi connectivity index (χ3v) is 6.03. The van der Waals surface area contributed by atoms with Gasteiger partial charge in [0.1, 0.15) is 17.8 Å². The molecule has 4 rings (SSSR count). The Hall–Kier alpha value is -5.57. The molecule has 0 aliphatic rings. The molecule has 15 heteroatoms. The summed E-state index contributed by atoms with van der Waals surface area (Å²) in [5.41, 5.74) is 7.70. The van der Waals surface area contributed by atoms with E-state index in [9.17, 15) is 4.79 Å². The van der Waals surface area contributed by atoms with Gasteiger partial charge < -0.3 is 30.3 Å². The van der Waals surface area contributed by atoms with Crippen LogP contribution in [-0.2, 0) is 16.0 Å². The fraction of sp³-hybridized carbons (Fsp3) is 0.344. The van der Waals surface area contributed by atoms with Crippen LogP contribution in [0, 0.1) is 5.41 Å². The smallest absolute Gasteiger partial charge is 0.350 e. The first kappa shape index (κ1) is 37.6. The molecule has 4 aromatic rings. The number of carboxylic acids is 2. The quantitative estimate of drug-likeness (QED) is 0.110. The van der Waals surface area contributed by atoms with Crippen molar-refractivity contribution in [3.05, 3.63) is 93.9 Å². The van der Waals surface area contributed by atoms with E-state index in [-0.39, 0.29) is 23.8 Å². The summed E-state index contributed by atoms with van der Waals surface area (Å²) in [5, 5.41) is 27.1. The monoisotopic (exact) mass is 650 g/mol. The number of rotatable bonds is 12. The number of H-pyrrole nitrogens is 1. The molecule has 2 aromatic carbocycles. The Morgan fingerprint density at radius 3 is 2.17 bits per heavy atom. The van der Waals surface area contributed by atoms with Gasteiger partial charge in [0.15, 0.2) is 11.5 Å². The predicted molar refractivity (Wildman–Crippen MR) is 176 cm³/mol. The number of carbonyl (C=O) groups is 2.